The van der Waals surface area contributed by atoms with Gasteiger partial charge in [-0.05, 0) is 69.3 Å². The largest absolute Gasteiger partial charge is 0.296 e. The van der Waals surface area contributed by atoms with Crippen LogP contribution in [-0.4, -0.2) is 86.2 Å². The smallest absolute Gasteiger partial charge is 0.181 e. The molecule has 0 bridgehead atoms. The van der Waals surface area contributed by atoms with E-state index in [1.165, 1.54) is 46.1 Å². The highest BCUT2D eigenvalue weighted by atomic mass is 28.3. The summed E-state index contributed by atoms with van der Waals surface area (Å²) in [5.74, 6) is 0. The number of imidazole rings is 4. The SMILES string of the molecule is c1ncc2c(n1)ncn2-c1ccc([Si](c2ccc(-n3cnc4ncncc43)cc2)(c2ccc(-n3cnc4ncncc43)cc2)c2ccc(-n3cnc4ncncc43)cc2)cc1. The van der Waals surface area contributed by atoms with Gasteiger partial charge in [0, 0.05) is 22.7 Å². The maximum absolute atomic E-state index is 4.53. The summed E-state index contributed by atoms with van der Waals surface area (Å²) in [5.41, 5.74) is 9.63. The summed E-state index contributed by atoms with van der Waals surface area (Å²) in [6.07, 6.45) is 20.3. The maximum atomic E-state index is 4.53. The standard InChI is InChI=1S/C44H28N16Si/c1-9-33(10-2-29(1)57-25-53-41-37(57)17-45-21-49-41)61(34-11-3-30(4-12-34)58-26-54-42-38(58)18-46-22-50-42,35-13-5-31(6-14-35)59-27-55-43-39(59)19-47-23-51-43)36-15-7-32(8-16-36)60-28-56-44-40(60)20-48-24-52-44/h1-28H. The fourth-order valence-corrected chi connectivity index (χ4v) is 13.0. The van der Waals surface area contributed by atoms with E-state index in [1.807, 2.05) is 18.3 Å². The van der Waals surface area contributed by atoms with E-state index < -0.39 is 8.07 Å². The first-order valence-corrected chi connectivity index (χ1v) is 21.2. The molecule has 16 nitrogen and oxygen atoms in total. The van der Waals surface area contributed by atoms with Crippen molar-refractivity contribution in [1.82, 2.24) is 78.1 Å². The molecule has 0 aliphatic heterocycles. The van der Waals surface area contributed by atoms with E-state index in [0.29, 0.717) is 22.6 Å². The minimum absolute atomic E-state index is 0.634. The van der Waals surface area contributed by atoms with E-state index in [0.717, 1.165) is 44.8 Å². The van der Waals surface area contributed by atoms with Crippen molar-refractivity contribution < 1.29 is 0 Å². The van der Waals surface area contributed by atoms with Crippen molar-refractivity contribution in [2.45, 2.75) is 0 Å². The molecular formula is C44H28N16Si. The van der Waals surface area contributed by atoms with Gasteiger partial charge in [0.15, 0.2) is 30.7 Å². The van der Waals surface area contributed by atoms with Gasteiger partial charge in [-0.2, -0.15) is 0 Å². The summed E-state index contributed by atoms with van der Waals surface area (Å²) in [7, 11) is -3.14. The van der Waals surface area contributed by atoms with E-state index in [-0.39, 0.29) is 0 Å². The van der Waals surface area contributed by atoms with E-state index in [2.05, 4.69) is 157 Å². The third-order valence-electron chi connectivity index (χ3n) is 11.2. The average Bonchev–Trinajstić information content (AvgIpc) is 4.16. The summed E-state index contributed by atoms with van der Waals surface area (Å²) < 4.78 is 8.05. The minimum atomic E-state index is -3.14. The highest BCUT2D eigenvalue weighted by Crippen LogP contribution is 2.22. The van der Waals surface area contributed by atoms with Crippen LogP contribution in [0.2, 0.25) is 0 Å². The number of hydrogen-bond acceptors (Lipinski definition) is 12. The molecule has 0 aliphatic rings. The lowest BCUT2D eigenvalue weighted by atomic mass is 10.3. The number of nitrogens with zero attached hydrogens (tertiary/aromatic N) is 16. The molecule has 61 heavy (non-hydrogen) atoms. The van der Waals surface area contributed by atoms with Crippen LogP contribution in [0.4, 0.5) is 0 Å². The Balaban J connectivity index is 1.07. The predicted molar refractivity (Wildman–Crippen MR) is 231 cm³/mol. The Labute approximate surface area is 345 Å². The molecule has 12 rings (SSSR count). The average molecular weight is 809 g/mol. The van der Waals surface area contributed by atoms with Crippen LogP contribution in [0, 0.1) is 0 Å². The summed E-state index contributed by atoms with van der Waals surface area (Å²) in [5, 5.41) is 4.70. The molecule has 0 unspecified atom stereocenters. The molecule has 8 heterocycles. The molecule has 0 radical (unpaired) electrons. The Hall–Kier alpha value is -8.70. The Morgan fingerprint density at radius 1 is 0.279 bits per heavy atom. The van der Waals surface area contributed by atoms with Gasteiger partial charge >= 0.3 is 0 Å². The number of aromatic nitrogens is 16. The lowest BCUT2D eigenvalue weighted by molar-refractivity contribution is 1.09. The molecule has 4 aromatic carbocycles. The quantitative estimate of drug-likeness (QED) is 0.162. The van der Waals surface area contributed by atoms with Crippen molar-refractivity contribution in [3.05, 3.63) is 172 Å². The van der Waals surface area contributed by atoms with Gasteiger partial charge in [-0.1, -0.05) is 48.5 Å². The topological polar surface area (TPSA) is 174 Å². The second kappa shape index (κ2) is 13.7. The highest BCUT2D eigenvalue weighted by Gasteiger charge is 2.42. The van der Waals surface area contributed by atoms with Crippen molar-refractivity contribution in [1.29, 1.82) is 0 Å². The lowest BCUT2D eigenvalue weighted by Crippen LogP contribution is -2.74. The normalized spacial score (nSPS) is 11.9. The Kier molecular flexibility index (Phi) is 7.72. The summed E-state index contributed by atoms with van der Waals surface area (Å²) >= 11 is 0. The van der Waals surface area contributed by atoms with Crippen molar-refractivity contribution in [2.24, 2.45) is 0 Å². The monoisotopic (exact) mass is 808 g/mol. The molecule has 0 atom stereocenters. The molecule has 8 aromatic heterocycles. The number of benzene rings is 4. The van der Waals surface area contributed by atoms with Gasteiger partial charge < -0.3 is 0 Å². The molecule has 0 saturated heterocycles. The number of fused-ring (bicyclic) bond motifs is 4. The minimum Gasteiger partial charge on any atom is -0.296 e. The molecule has 0 amide bonds. The summed E-state index contributed by atoms with van der Waals surface area (Å²) in [4.78, 5) is 52.6. The molecule has 0 N–H and O–H groups in total. The van der Waals surface area contributed by atoms with E-state index in [4.69, 9.17) is 0 Å². The molecular weight excluding hydrogens is 781 g/mol. The number of hydrogen-bond donors (Lipinski definition) is 0. The molecule has 17 heteroatoms. The zero-order chi connectivity index (χ0) is 40.3. The van der Waals surface area contributed by atoms with Gasteiger partial charge in [0.2, 0.25) is 0 Å². The van der Waals surface area contributed by atoms with Gasteiger partial charge in [0.25, 0.3) is 0 Å². The first-order chi connectivity index (χ1) is 30.2. The van der Waals surface area contributed by atoms with Crippen molar-refractivity contribution in [3.8, 4) is 22.7 Å². The van der Waals surface area contributed by atoms with Crippen LogP contribution in [0.3, 0.4) is 0 Å². The Bertz CT molecular complexity index is 3060. The van der Waals surface area contributed by atoms with Crippen LogP contribution in [-0.2, 0) is 0 Å². The third kappa shape index (κ3) is 5.45. The van der Waals surface area contributed by atoms with Crippen LogP contribution >= 0.6 is 0 Å². The first kappa shape index (κ1) is 34.3. The van der Waals surface area contributed by atoms with Gasteiger partial charge in [-0.25, -0.2) is 59.8 Å². The Morgan fingerprint density at radius 3 is 0.738 bits per heavy atom. The lowest BCUT2D eigenvalue weighted by Gasteiger charge is -2.35. The predicted octanol–water partition coefficient (Wildman–Crippen LogP) is 3.58. The van der Waals surface area contributed by atoms with Gasteiger partial charge in [0.05, 0.1) is 24.8 Å². The van der Waals surface area contributed by atoms with E-state index in [9.17, 15) is 0 Å². The van der Waals surface area contributed by atoms with Gasteiger partial charge in [-0.3, -0.25) is 18.3 Å². The fourth-order valence-electron chi connectivity index (χ4n) is 8.35. The van der Waals surface area contributed by atoms with Crippen LogP contribution in [0.25, 0.3) is 67.4 Å². The molecule has 0 spiro atoms. The second-order valence-corrected chi connectivity index (χ2v) is 18.1. The van der Waals surface area contributed by atoms with E-state index in [1.54, 1.807) is 50.1 Å². The van der Waals surface area contributed by atoms with Crippen LogP contribution in [0.5, 0.6) is 0 Å². The molecule has 0 saturated carbocycles. The molecule has 0 fully saturated rings. The van der Waals surface area contributed by atoms with Crippen LogP contribution in [0.1, 0.15) is 0 Å². The van der Waals surface area contributed by atoms with E-state index >= 15 is 0 Å². The second-order valence-electron chi connectivity index (χ2n) is 14.3. The van der Waals surface area contributed by atoms with Gasteiger partial charge in [0.1, 0.15) is 72.7 Å². The zero-order valence-electron chi connectivity index (χ0n) is 31.8. The highest BCUT2D eigenvalue weighted by molar-refractivity contribution is 7.19. The van der Waals surface area contributed by atoms with Crippen molar-refractivity contribution in [2.75, 3.05) is 0 Å². The molecule has 288 valence electrons. The molecule has 12 aromatic rings. The van der Waals surface area contributed by atoms with Gasteiger partial charge in [-0.15, -0.1) is 0 Å². The van der Waals surface area contributed by atoms with Crippen molar-refractivity contribution in [3.63, 3.8) is 0 Å². The first-order valence-electron chi connectivity index (χ1n) is 19.2. The number of rotatable bonds is 8. The summed E-state index contributed by atoms with van der Waals surface area (Å²) in [6, 6.07) is 35.1. The zero-order valence-corrected chi connectivity index (χ0v) is 32.8. The van der Waals surface area contributed by atoms with Crippen LogP contribution < -0.4 is 20.7 Å². The summed E-state index contributed by atoms with van der Waals surface area (Å²) in [6.45, 7) is 0. The fraction of sp³-hybridized carbons (Fsp3) is 0. The van der Waals surface area contributed by atoms with Crippen molar-refractivity contribution >= 4 is 73.5 Å². The third-order valence-corrected chi connectivity index (χ3v) is 16.0. The Morgan fingerprint density at radius 2 is 0.508 bits per heavy atom. The molecule has 0 aliphatic carbocycles. The van der Waals surface area contributed by atoms with Crippen LogP contribution in [0.15, 0.2) is 172 Å². The maximum Gasteiger partial charge on any atom is 0.181 e.